The summed E-state index contributed by atoms with van der Waals surface area (Å²) in [5.74, 6) is -1.96. The monoisotopic (exact) mass is 525 g/mol. The van der Waals surface area contributed by atoms with Crippen LogP contribution in [0.1, 0.15) is 46.7 Å². The lowest BCUT2D eigenvalue weighted by molar-refractivity contribution is -0.130. The lowest BCUT2D eigenvalue weighted by Gasteiger charge is -2.32. The number of morpholine rings is 1. The molecule has 0 radical (unpaired) electrons. The molecule has 10 nitrogen and oxygen atoms in total. The molecule has 0 saturated carbocycles. The van der Waals surface area contributed by atoms with Crippen LogP contribution in [0.15, 0.2) is 12.1 Å². The van der Waals surface area contributed by atoms with Gasteiger partial charge in [0.15, 0.2) is 0 Å². The molecule has 11 heteroatoms. The van der Waals surface area contributed by atoms with Crippen molar-refractivity contribution in [3.05, 3.63) is 46.0 Å². The number of benzene rings is 1. The molecule has 1 saturated heterocycles. The molecule has 1 aromatic heterocycles. The Balaban J connectivity index is 1.38. The Kier molecular flexibility index (Phi) is 6.84. The van der Waals surface area contributed by atoms with E-state index >= 15 is 0 Å². The van der Waals surface area contributed by atoms with Crippen molar-refractivity contribution in [2.24, 2.45) is 0 Å². The van der Waals surface area contributed by atoms with E-state index in [1.54, 1.807) is 6.08 Å². The summed E-state index contributed by atoms with van der Waals surface area (Å²) < 4.78 is 20.3. The number of hydrogen-bond donors (Lipinski definition) is 4. The van der Waals surface area contributed by atoms with Crippen molar-refractivity contribution in [1.82, 2.24) is 14.8 Å². The zero-order valence-electron chi connectivity index (χ0n) is 21.7. The van der Waals surface area contributed by atoms with Gasteiger partial charge in [0.05, 0.1) is 35.7 Å². The molecule has 4 N–H and O–H groups in total. The number of amides is 3. The number of aromatic amines is 1. The molecule has 3 aliphatic heterocycles. The molecule has 4 heterocycles. The van der Waals surface area contributed by atoms with Gasteiger partial charge >= 0.3 is 0 Å². The van der Waals surface area contributed by atoms with Gasteiger partial charge in [-0.1, -0.05) is 0 Å². The number of aromatic nitrogens is 1. The van der Waals surface area contributed by atoms with Crippen LogP contribution in [0, 0.1) is 12.7 Å². The van der Waals surface area contributed by atoms with Crippen molar-refractivity contribution in [1.29, 1.82) is 0 Å². The van der Waals surface area contributed by atoms with E-state index in [-0.39, 0.29) is 17.2 Å². The maximum Gasteiger partial charge on any atom is 0.256 e. The maximum atomic E-state index is 14.9. The van der Waals surface area contributed by atoms with Gasteiger partial charge in [-0.25, -0.2) is 4.39 Å². The highest BCUT2D eigenvalue weighted by Crippen LogP contribution is 2.37. The van der Waals surface area contributed by atoms with E-state index in [1.165, 1.54) is 26.0 Å². The molecule has 2 aromatic rings. The Bertz CT molecular complexity index is 1340. The van der Waals surface area contributed by atoms with Crippen molar-refractivity contribution < 1.29 is 28.6 Å². The highest BCUT2D eigenvalue weighted by atomic mass is 19.1. The summed E-state index contributed by atoms with van der Waals surface area (Å²) in [7, 11) is 0. The molecule has 0 spiro atoms. The van der Waals surface area contributed by atoms with Crippen LogP contribution in [0.2, 0.25) is 0 Å². The number of aliphatic hydroxyl groups is 1. The molecule has 3 aliphatic rings. The van der Waals surface area contributed by atoms with E-state index in [9.17, 15) is 23.9 Å². The van der Waals surface area contributed by atoms with Gasteiger partial charge in [0.1, 0.15) is 11.4 Å². The number of nitrogens with zero attached hydrogens (tertiary/aromatic N) is 2. The number of nitrogens with one attached hydrogen (secondary N) is 3. The maximum absolute atomic E-state index is 14.9. The average Bonchev–Trinajstić information content (AvgIpc) is 3.35. The Morgan fingerprint density at radius 1 is 1.21 bits per heavy atom. The van der Waals surface area contributed by atoms with Crippen molar-refractivity contribution in [2.45, 2.75) is 32.8 Å². The summed E-state index contributed by atoms with van der Waals surface area (Å²) in [6.45, 7) is 9.64. The average molecular weight is 526 g/mol. The van der Waals surface area contributed by atoms with Gasteiger partial charge in [0.2, 0.25) is 0 Å². The van der Waals surface area contributed by atoms with E-state index in [0.29, 0.717) is 55.2 Å². The summed E-state index contributed by atoms with van der Waals surface area (Å²) in [5.41, 5.74) is 1.91. The van der Waals surface area contributed by atoms with Gasteiger partial charge in [-0.15, -0.1) is 0 Å². The first kappa shape index (κ1) is 26.1. The van der Waals surface area contributed by atoms with Crippen LogP contribution in [-0.2, 0) is 20.7 Å². The van der Waals surface area contributed by atoms with E-state index < -0.39 is 23.2 Å². The Labute approximate surface area is 219 Å². The molecule has 5 rings (SSSR count). The molecule has 0 aliphatic carbocycles. The molecule has 1 fully saturated rings. The zero-order valence-corrected chi connectivity index (χ0v) is 21.7. The predicted octanol–water partition coefficient (Wildman–Crippen LogP) is 1.99. The number of carbonyl (C=O) groups excluding carboxylic acids is 3. The number of fused-ring (bicyclic) bond motifs is 2. The molecule has 0 atom stereocenters. The number of H-pyrrole nitrogens is 1. The third-order valence-corrected chi connectivity index (χ3v) is 7.27. The summed E-state index contributed by atoms with van der Waals surface area (Å²) in [6, 6.07) is 2.51. The smallest absolute Gasteiger partial charge is 0.256 e. The van der Waals surface area contributed by atoms with Crippen molar-refractivity contribution in [2.75, 3.05) is 56.6 Å². The Hall–Kier alpha value is -3.54. The third-order valence-electron chi connectivity index (χ3n) is 7.27. The minimum atomic E-state index is -1.69. The van der Waals surface area contributed by atoms with Crippen molar-refractivity contribution in [3.63, 3.8) is 0 Å². The topological polar surface area (TPSA) is 127 Å². The van der Waals surface area contributed by atoms with Crippen molar-refractivity contribution in [3.8, 4) is 0 Å². The summed E-state index contributed by atoms with van der Waals surface area (Å²) >= 11 is 0. The molecule has 38 heavy (non-hydrogen) atoms. The second-order valence-electron chi connectivity index (χ2n) is 10.4. The van der Waals surface area contributed by atoms with E-state index in [0.717, 1.165) is 30.9 Å². The lowest BCUT2D eigenvalue weighted by atomic mass is 10.0. The summed E-state index contributed by atoms with van der Waals surface area (Å²) in [5, 5.41) is 14.9. The minimum Gasteiger partial charge on any atom is -0.381 e. The fourth-order valence-corrected chi connectivity index (χ4v) is 4.98. The van der Waals surface area contributed by atoms with Gasteiger partial charge in [-0.05, 0) is 44.5 Å². The highest BCUT2D eigenvalue weighted by Gasteiger charge is 2.32. The standard InChI is InChI=1S/C27H32FN5O5/c1-15-20(29-19-4-5-33(25(35)23(15)19)7-6-32-8-10-38-11-9-32)13-17-16-12-18(28)22(14-21(16)30-24(17)34)31-26(36)27(2,3)37/h12-14,29,37H,4-11H2,1-3H3,(H,30,34)(H,31,36). The van der Waals surface area contributed by atoms with Crippen LogP contribution in [-0.4, -0.2) is 89.2 Å². The first-order valence-electron chi connectivity index (χ1n) is 12.7. The number of halogens is 1. The van der Waals surface area contributed by atoms with Crippen LogP contribution in [0.4, 0.5) is 15.8 Å². The second-order valence-corrected chi connectivity index (χ2v) is 10.4. The fourth-order valence-electron chi connectivity index (χ4n) is 4.98. The quantitative estimate of drug-likeness (QED) is 0.428. The molecular weight excluding hydrogens is 493 g/mol. The van der Waals surface area contributed by atoms with Gasteiger partial charge in [0.25, 0.3) is 17.7 Å². The van der Waals surface area contributed by atoms with Crippen LogP contribution in [0.25, 0.3) is 11.6 Å². The van der Waals surface area contributed by atoms with Crippen LogP contribution >= 0.6 is 0 Å². The summed E-state index contributed by atoms with van der Waals surface area (Å²) in [4.78, 5) is 45.7. The van der Waals surface area contributed by atoms with Crippen LogP contribution in [0.3, 0.4) is 0 Å². The number of rotatable bonds is 6. The normalized spacial score (nSPS) is 19.0. The number of hydrogen-bond acceptors (Lipinski definition) is 6. The molecule has 1 aromatic carbocycles. The summed E-state index contributed by atoms with van der Waals surface area (Å²) in [6.07, 6.45) is 2.31. The van der Waals surface area contributed by atoms with Gasteiger partial charge in [-0.2, -0.15) is 0 Å². The first-order valence-corrected chi connectivity index (χ1v) is 12.7. The highest BCUT2D eigenvalue weighted by molar-refractivity contribution is 6.35. The van der Waals surface area contributed by atoms with Crippen LogP contribution in [0.5, 0.6) is 0 Å². The Morgan fingerprint density at radius 3 is 2.66 bits per heavy atom. The zero-order chi connectivity index (χ0) is 27.2. The van der Waals surface area contributed by atoms with Gasteiger partial charge in [0, 0.05) is 56.1 Å². The third kappa shape index (κ3) is 4.96. The predicted molar refractivity (Wildman–Crippen MR) is 140 cm³/mol. The molecule has 0 unspecified atom stereocenters. The van der Waals surface area contributed by atoms with Crippen LogP contribution < -0.4 is 10.6 Å². The minimum absolute atomic E-state index is 0.0348. The molecular formula is C27H32FN5O5. The molecule has 0 bridgehead atoms. The largest absolute Gasteiger partial charge is 0.381 e. The SMILES string of the molecule is Cc1c(C=C2C(=O)Nc3cc(NC(=O)C(C)(C)O)c(F)cc32)[nH]c2c1C(=O)N(CCN1CCOCC1)CC2. The number of carbonyl (C=O) groups is 3. The fraction of sp³-hybridized carbons (Fsp3) is 0.444. The van der Waals surface area contributed by atoms with Gasteiger partial charge < -0.3 is 30.4 Å². The van der Waals surface area contributed by atoms with E-state index in [4.69, 9.17) is 4.74 Å². The number of ether oxygens (including phenoxy) is 1. The first-order chi connectivity index (χ1) is 18.0. The second kappa shape index (κ2) is 9.97. The van der Waals surface area contributed by atoms with Crippen molar-refractivity contribution >= 4 is 40.7 Å². The molecule has 3 amide bonds. The van der Waals surface area contributed by atoms with E-state index in [1.807, 2.05) is 11.8 Å². The van der Waals surface area contributed by atoms with Gasteiger partial charge in [-0.3, -0.25) is 19.3 Å². The number of anilines is 2. The molecule has 202 valence electrons. The van der Waals surface area contributed by atoms with E-state index in [2.05, 4.69) is 20.5 Å². The Morgan fingerprint density at radius 2 is 1.95 bits per heavy atom. The lowest BCUT2D eigenvalue weighted by Crippen LogP contribution is -2.45.